The fourth-order valence-electron chi connectivity index (χ4n) is 2.50. The summed E-state index contributed by atoms with van der Waals surface area (Å²) >= 11 is 0. The zero-order valence-corrected chi connectivity index (χ0v) is 8.12. The molecule has 2 aliphatic heterocycles. The molecule has 0 amide bonds. The molecule has 0 aromatic carbocycles. The minimum Gasteiger partial charge on any atom is -0.365 e. The van der Waals surface area contributed by atoms with E-state index in [0.717, 1.165) is 32.5 Å². The summed E-state index contributed by atoms with van der Waals surface area (Å²) in [6.45, 7) is 2.86. The first-order chi connectivity index (χ1) is 6.91. The van der Waals surface area contributed by atoms with Crippen LogP contribution in [-0.2, 0) is 16.9 Å². The highest BCUT2D eigenvalue weighted by Crippen LogP contribution is 2.42. The fraction of sp³-hybridized carbons (Fsp3) is 0.545. The Bertz CT molecular complexity index is 339. The van der Waals surface area contributed by atoms with Crippen molar-refractivity contribution in [3.8, 4) is 0 Å². The number of piperidine rings is 1. The van der Waals surface area contributed by atoms with Crippen LogP contribution < -0.4 is 5.32 Å². The molecule has 0 aliphatic carbocycles. The van der Waals surface area contributed by atoms with Crippen LogP contribution in [0.3, 0.4) is 0 Å². The van der Waals surface area contributed by atoms with Gasteiger partial charge in [0.1, 0.15) is 0 Å². The summed E-state index contributed by atoms with van der Waals surface area (Å²) in [5.41, 5.74) is 2.62. The third-order valence-electron chi connectivity index (χ3n) is 3.32. The monoisotopic (exact) mass is 190 g/mol. The zero-order valence-electron chi connectivity index (χ0n) is 8.12. The van der Waals surface area contributed by atoms with Crippen LogP contribution in [0, 0.1) is 0 Å². The van der Waals surface area contributed by atoms with Crippen LogP contribution in [0.5, 0.6) is 0 Å². The highest BCUT2D eigenvalue weighted by atomic mass is 16.5. The van der Waals surface area contributed by atoms with Gasteiger partial charge in [0.15, 0.2) is 0 Å². The molecule has 1 aromatic heterocycles. The third kappa shape index (κ3) is 1.09. The summed E-state index contributed by atoms with van der Waals surface area (Å²) in [7, 11) is 0. The lowest BCUT2D eigenvalue weighted by molar-refractivity contribution is -0.0591. The summed E-state index contributed by atoms with van der Waals surface area (Å²) < 4.78 is 5.97. The topological polar surface area (TPSA) is 34.2 Å². The lowest BCUT2D eigenvalue weighted by atomic mass is 9.85. The standard InChI is InChI=1S/C11H14N2O/c1-4-13-7-10-9(1)8-14-11(10)2-5-12-6-3-11/h1,4,7,12H,2-3,5-6,8H2. The Morgan fingerprint density at radius 1 is 1.36 bits per heavy atom. The first-order valence-electron chi connectivity index (χ1n) is 5.19. The summed E-state index contributed by atoms with van der Waals surface area (Å²) in [6.07, 6.45) is 5.98. The third-order valence-corrected chi connectivity index (χ3v) is 3.32. The molecule has 1 N–H and O–H groups in total. The Balaban J connectivity index is 2.03. The number of nitrogens with zero attached hydrogens (tertiary/aromatic N) is 1. The van der Waals surface area contributed by atoms with Crippen LogP contribution >= 0.6 is 0 Å². The van der Waals surface area contributed by atoms with Crippen molar-refractivity contribution >= 4 is 0 Å². The minimum absolute atomic E-state index is 0.0190. The highest BCUT2D eigenvalue weighted by Gasteiger charge is 2.40. The molecular weight excluding hydrogens is 176 g/mol. The van der Waals surface area contributed by atoms with Gasteiger partial charge in [-0.05, 0) is 37.6 Å². The van der Waals surface area contributed by atoms with E-state index in [2.05, 4.69) is 16.4 Å². The van der Waals surface area contributed by atoms with Crippen LogP contribution in [0.25, 0.3) is 0 Å². The van der Waals surface area contributed by atoms with Crippen LogP contribution in [-0.4, -0.2) is 18.1 Å². The van der Waals surface area contributed by atoms with Crippen molar-refractivity contribution < 1.29 is 4.74 Å². The smallest absolute Gasteiger partial charge is 0.0978 e. The van der Waals surface area contributed by atoms with Gasteiger partial charge in [0.05, 0.1) is 12.2 Å². The van der Waals surface area contributed by atoms with Gasteiger partial charge in [-0.2, -0.15) is 0 Å². The molecule has 0 saturated carbocycles. The van der Waals surface area contributed by atoms with Crippen molar-refractivity contribution in [3.63, 3.8) is 0 Å². The number of nitrogens with one attached hydrogen (secondary N) is 1. The van der Waals surface area contributed by atoms with Gasteiger partial charge < -0.3 is 10.1 Å². The normalized spacial score (nSPS) is 23.7. The van der Waals surface area contributed by atoms with E-state index in [4.69, 9.17) is 4.74 Å². The van der Waals surface area contributed by atoms with E-state index in [-0.39, 0.29) is 5.60 Å². The van der Waals surface area contributed by atoms with Crippen molar-refractivity contribution in [1.29, 1.82) is 0 Å². The number of rotatable bonds is 0. The minimum atomic E-state index is -0.0190. The quantitative estimate of drug-likeness (QED) is 0.667. The molecule has 74 valence electrons. The number of pyridine rings is 1. The molecule has 3 rings (SSSR count). The Hall–Kier alpha value is -0.930. The molecule has 0 unspecified atom stereocenters. The second-order valence-corrected chi connectivity index (χ2v) is 4.07. The molecule has 3 nitrogen and oxygen atoms in total. The molecule has 2 aliphatic rings. The summed E-state index contributed by atoms with van der Waals surface area (Å²) in [6, 6.07) is 2.08. The number of fused-ring (bicyclic) bond motifs is 2. The maximum absolute atomic E-state index is 5.97. The van der Waals surface area contributed by atoms with Gasteiger partial charge in [0.25, 0.3) is 0 Å². The molecule has 1 saturated heterocycles. The van der Waals surface area contributed by atoms with E-state index in [1.165, 1.54) is 11.1 Å². The molecule has 0 radical (unpaired) electrons. The SMILES string of the molecule is c1cc2c(cn1)C1(CCNCC1)OC2. The molecule has 3 heteroatoms. The number of hydrogen-bond donors (Lipinski definition) is 1. The van der Waals surface area contributed by atoms with Crippen molar-refractivity contribution in [3.05, 3.63) is 29.6 Å². The zero-order chi connectivity index (χ0) is 9.43. The van der Waals surface area contributed by atoms with Gasteiger partial charge in [0.2, 0.25) is 0 Å². The Morgan fingerprint density at radius 3 is 3.07 bits per heavy atom. The van der Waals surface area contributed by atoms with Crippen LogP contribution in [0.15, 0.2) is 18.5 Å². The molecule has 3 heterocycles. The predicted molar refractivity (Wildman–Crippen MR) is 52.8 cm³/mol. The van der Waals surface area contributed by atoms with Gasteiger partial charge in [-0.25, -0.2) is 0 Å². The van der Waals surface area contributed by atoms with Gasteiger partial charge >= 0.3 is 0 Å². The maximum atomic E-state index is 5.97. The lowest BCUT2D eigenvalue weighted by Gasteiger charge is -2.33. The highest BCUT2D eigenvalue weighted by molar-refractivity contribution is 5.33. The Morgan fingerprint density at radius 2 is 2.21 bits per heavy atom. The fourth-order valence-corrected chi connectivity index (χ4v) is 2.50. The second-order valence-electron chi connectivity index (χ2n) is 4.07. The number of hydrogen-bond acceptors (Lipinski definition) is 3. The van der Waals surface area contributed by atoms with Crippen LogP contribution in [0.2, 0.25) is 0 Å². The van der Waals surface area contributed by atoms with Crippen LogP contribution in [0.1, 0.15) is 24.0 Å². The largest absolute Gasteiger partial charge is 0.365 e. The summed E-state index contributed by atoms with van der Waals surface area (Å²) in [5, 5.41) is 3.37. The number of aromatic nitrogens is 1. The Labute approximate surface area is 83.5 Å². The first-order valence-corrected chi connectivity index (χ1v) is 5.19. The van der Waals surface area contributed by atoms with Gasteiger partial charge in [-0.15, -0.1) is 0 Å². The van der Waals surface area contributed by atoms with Crippen LogP contribution in [0.4, 0.5) is 0 Å². The molecule has 0 bridgehead atoms. The van der Waals surface area contributed by atoms with Crippen molar-refractivity contribution in [2.24, 2.45) is 0 Å². The summed E-state index contributed by atoms with van der Waals surface area (Å²) in [5.74, 6) is 0. The molecule has 1 aromatic rings. The molecule has 14 heavy (non-hydrogen) atoms. The predicted octanol–water partition coefficient (Wildman–Crippen LogP) is 1.19. The summed E-state index contributed by atoms with van der Waals surface area (Å²) in [4.78, 5) is 4.21. The van der Waals surface area contributed by atoms with Gasteiger partial charge in [-0.1, -0.05) is 0 Å². The second kappa shape index (κ2) is 3.04. The average Bonchev–Trinajstić information content (AvgIpc) is 2.60. The first kappa shape index (κ1) is 8.38. The number of ether oxygens (including phenoxy) is 1. The van der Waals surface area contributed by atoms with Crippen molar-refractivity contribution in [2.45, 2.75) is 25.0 Å². The van der Waals surface area contributed by atoms with Crippen molar-refractivity contribution in [1.82, 2.24) is 10.3 Å². The van der Waals surface area contributed by atoms with Crippen molar-refractivity contribution in [2.75, 3.05) is 13.1 Å². The lowest BCUT2D eigenvalue weighted by Crippen LogP contribution is -2.39. The van der Waals surface area contributed by atoms with E-state index in [1.54, 1.807) is 0 Å². The van der Waals surface area contributed by atoms with Gasteiger partial charge in [0, 0.05) is 18.0 Å². The molecule has 1 fully saturated rings. The maximum Gasteiger partial charge on any atom is 0.0978 e. The van der Waals surface area contributed by atoms with E-state index < -0.39 is 0 Å². The van der Waals surface area contributed by atoms with E-state index in [0.29, 0.717) is 0 Å². The molecular formula is C11H14N2O. The molecule has 0 atom stereocenters. The average molecular weight is 190 g/mol. The van der Waals surface area contributed by atoms with E-state index >= 15 is 0 Å². The van der Waals surface area contributed by atoms with Gasteiger partial charge in [-0.3, -0.25) is 4.98 Å². The van der Waals surface area contributed by atoms with E-state index in [1.807, 2.05) is 12.4 Å². The Kier molecular flexibility index (Phi) is 1.82. The molecule has 1 spiro atoms. The van der Waals surface area contributed by atoms with E-state index in [9.17, 15) is 0 Å².